The van der Waals surface area contributed by atoms with Gasteiger partial charge in [-0.2, -0.15) is 4.98 Å². The second-order valence-electron chi connectivity index (χ2n) is 4.15. The van der Waals surface area contributed by atoms with Crippen molar-refractivity contribution in [1.82, 2.24) is 4.98 Å². The number of nitrogens with one attached hydrogen (secondary N) is 1. The van der Waals surface area contributed by atoms with E-state index in [-0.39, 0.29) is 11.7 Å². The van der Waals surface area contributed by atoms with Crippen molar-refractivity contribution < 1.29 is 13.5 Å². The zero-order valence-corrected chi connectivity index (χ0v) is 12.6. The largest absolute Gasteiger partial charge is 0.436 e. The Bertz CT molecular complexity index is 635. The van der Waals surface area contributed by atoms with Gasteiger partial charge in [0.1, 0.15) is 5.75 Å². The van der Waals surface area contributed by atoms with E-state index >= 15 is 0 Å². The van der Waals surface area contributed by atoms with Crippen LogP contribution in [0.5, 0.6) is 11.6 Å². The second kappa shape index (κ2) is 6.17. The van der Waals surface area contributed by atoms with Crippen LogP contribution in [0.25, 0.3) is 0 Å². The van der Waals surface area contributed by atoms with E-state index in [4.69, 9.17) is 4.74 Å². The van der Waals surface area contributed by atoms with Gasteiger partial charge in [0, 0.05) is 17.1 Å². The molecule has 0 spiro atoms. The molecule has 0 radical (unpaired) electrons. The summed E-state index contributed by atoms with van der Waals surface area (Å²) in [5.41, 5.74) is 0.823. The minimum absolute atomic E-state index is 0.0310. The number of pyridine rings is 1. The van der Waals surface area contributed by atoms with Gasteiger partial charge in [-0.15, -0.1) is 0 Å². The van der Waals surface area contributed by atoms with Crippen molar-refractivity contribution >= 4 is 21.7 Å². The Morgan fingerprint density at radius 2 is 2.00 bits per heavy atom. The fraction of sp³-hybridized carbons (Fsp3) is 0.214. The van der Waals surface area contributed by atoms with Crippen molar-refractivity contribution in [2.24, 2.45) is 0 Å². The first-order valence-electron chi connectivity index (χ1n) is 6.05. The summed E-state index contributed by atoms with van der Waals surface area (Å²) in [4.78, 5) is 3.83. The third-order valence-corrected chi connectivity index (χ3v) is 3.09. The first-order valence-corrected chi connectivity index (χ1v) is 6.84. The van der Waals surface area contributed by atoms with Gasteiger partial charge < -0.3 is 10.1 Å². The molecule has 1 N–H and O–H groups in total. The molecule has 2 rings (SSSR count). The number of hydrogen-bond acceptors (Lipinski definition) is 3. The number of rotatable bonds is 4. The van der Waals surface area contributed by atoms with E-state index in [0.717, 1.165) is 16.1 Å². The van der Waals surface area contributed by atoms with Gasteiger partial charge in [0.15, 0.2) is 17.5 Å². The van der Waals surface area contributed by atoms with Crippen LogP contribution in [-0.4, -0.2) is 11.5 Å². The van der Waals surface area contributed by atoms with Crippen molar-refractivity contribution in [1.29, 1.82) is 0 Å². The zero-order valence-electron chi connectivity index (χ0n) is 11.0. The molecule has 0 saturated heterocycles. The lowest BCUT2D eigenvalue weighted by atomic mass is 10.2. The summed E-state index contributed by atoms with van der Waals surface area (Å²) in [6.45, 7) is 4.10. The summed E-state index contributed by atoms with van der Waals surface area (Å²) >= 11 is 3.31. The third kappa shape index (κ3) is 3.25. The smallest absolute Gasteiger partial charge is 0.258 e. The molecule has 0 fully saturated rings. The zero-order chi connectivity index (χ0) is 14.7. The van der Waals surface area contributed by atoms with Crippen LogP contribution in [0.3, 0.4) is 0 Å². The molecule has 20 heavy (non-hydrogen) atoms. The van der Waals surface area contributed by atoms with Crippen LogP contribution in [0, 0.1) is 18.6 Å². The summed E-state index contributed by atoms with van der Waals surface area (Å²) in [5.74, 6) is -1.42. The molecule has 0 bridgehead atoms. The van der Waals surface area contributed by atoms with E-state index in [1.807, 2.05) is 19.1 Å². The number of benzene rings is 1. The molecule has 3 nitrogen and oxygen atoms in total. The Labute approximate surface area is 124 Å². The van der Waals surface area contributed by atoms with Gasteiger partial charge in [-0.3, -0.25) is 0 Å². The van der Waals surface area contributed by atoms with Crippen molar-refractivity contribution in [3.63, 3.8) is 0 Å². The van der Waals surface area contributed by atoms with Gasteiger partial charge in [-0.05, 0) is 31.5 Å². The number of aryl methyl sites for hydroxylation is 1. The van der Waals surface area contributed by atoms with Crippen LogP contribution < -0.4 is 10.1 Å². The Kier molecular flexibility index (Phi) is 4.54. The summed E-state index contributed by atoms with van der Waals surface area (Å²) < 4.78 is 33.4. The van der Waals surface area contributed by atoms with Crippen molar-refractivity contribution in [2.45, 2.75) is 13.8 Å². The average molecular weight is 343 g/mol. The normalized spacial score (nSPS) is 10.4. The molecule has 0 aliphatic heterocycles. The highest BCUT2D eigenvalue weighted by atomic mass is 79.9. The van der Waals surface area contributed by atoms with Crippen LogP contribution in [0.15, 0.2) is 28.7 Å². The molecule has 0 aliphatic carbocycles. The Balaban J connectivity index is 2.37. The van der Waals surface area contributed by atoms with E-state index in [0.29, 0.717) is 12.3 Å². The topological polar surface area (TPSA) is 34.2 Å². The Morgan fingerprint density at radius 3 is 2.70 bits per heavy atom. The number of ether oxygens (including phenoxy) is 1. The van der Waals surface area contributed by atoms with E-state index < -0.39 is 11.6 Å². The summed E-state index contributed by atoms with van der Waals surface area (Å²) in [5, 5.41) is 2.71. The van der Waals surface area contributed by atoms with Crippen molar-refractivity contribution in [3.8, 4) is 11.6 Å². The van der Waals surface area contributed by atoms with Gasteiger partial charge in [0.25, 0.3) is 5.88 Å². The summed E-state index contributed by atoms with van der Waals surface area (Å²) in [7, 11) is 0. The summed E-state index contributed by atoms with van der Waals surface area (Å²) in [6.07, 6.45) is 0. The Hall–Kier alpha value is -1.69. The monoisotopic (exact) mass is 342 g/mol. The number of halogens is 3. The predicted molar refractivity (Wildman–Crippen MR) is 77.3 cm³/mol. The molecule has 0 amide bonds. The van der Waals surface area contributed by atoms with Gasteiger partial charge in [-0.1, -0.05) is 22.0 Å². The number of anilines is 1. The number of aromatic nitrogens is 1. The van der Waals surface area contributed by atoms with Crippen molar-refractivity contribution in [3.05, 3.63) is 45.9 Å². The average Bonchev–Trinajstić information content (AvgIpc) is 2.39. The molecule has 1 heterocycles. The van der Waals surface area contributed by atoms with Crippen molar-refractivity contribution in [2.75, 3.05) is 11.9 Å². The van der Waals surface area contributed by atoms with Gasteiger partial charge in [-0.25, -0.2) is 8.78 Å². The van der Waals surface area contributed by atoms with Crippen LogP contribution >= 0.6 is 15.9 Å². The molecule has 0 atom stereocenters. The minimum Gasteiger partial charge on any atom is -0.436 e. The predicted octanol–water partition coefficient (Wildman–Crippen LogP) is 4.65. The summed E-state index contributed by atoms with van der Waals surface area (Å²) in [6, 6.07) is 6.13. The molecule has 6 heteroatoms. The first-order chi connectivity index (χ1) is 9.51. The van der Waals surface area contributed by atoms with Crippen LogP contribution in [-0.2, 0) is 0 Å². The molecule has 0 unspecified atom stereocenters. The highest BCUT2D eigenvalue weighted by molar-refractivity contribution is 9.10. The molecule has 0 aliphatic rings. The first kappa shape index (κ1) is 14.7. The molecule has 0 saturated carbocycles. The SMILES string of the molecule is CCNc1nc(Oc2cc(Br)ccc2C)c(F)cc1F. The van der Waals surface area contributed by atoms with Crippen LogP contribution in [0.4, 0.5) is 14.6 Å². The highest BCUT2D eigenvalue weighted by Crippen LogP contribution is 2.30. The molecule has 2 aromatic rings. The maximum atomic E-state index is 13.7. The second-order valence-corrected chi connectivity index (χ2v) is 5.06. The van der Waals surface area contributed by atoms with Gasteiger partial charge in [0.2, 0.25) is 0 Å². The highest BCUT2D eigenvalue weighted by Gasteiger charge is 2.14. The standard InChI is InChI=1S/C14H13BrF2N2O/c1-3-18-13-10(16)7-11(17)14(19-13)20-12-6-9(15)5-4-8(12)2/h4-7H,3H2,1-2H3,(H,18,19). The lowest BCUT2D eigenvalue weighted by Crippen LogP contribution is -2.05. The lowest BCUT2D eigenvalue weighted by molar-refractivity contribution is 0.415. The van der Waals surface area contributed by atoms with E-state index in [2.05, 4.69) is 26.2 Å². The third-order valence-electron chi connectivity index (χ3n) is 2.60. The molecule has 106 valence electrons. The lowest BCUT2D eigenvalue weighted by Gasteiger charge is -2.11. The molecule has 1 aromatic carbocycles. The number of nitrogens with zero attached hydrogens (tertiary/aromatic N) is 1. The Morgan fingerprint density at radius 1 is 1.25 bits per heavy atom. The van der Waals surface area contributed by atoms with E-state index in [9.17, 15) is 8.78 Å². The van der Waals surface area contributed by atoms with Gasteiger partial charge in [0.05, 0.1) is 0 Å². The maximum absolute atomic E-state index is 13.7. The molecule has 1 aromatic heterocycles. The minimum atomic E-state index is -0.844. The van der Waals surface area contributed by atoms with E-state index in [1.54, 1.807) is 13.0 Å². The van der Waals surface area contributed by atoms with Crippen LogP contribution in [0.1, 0.15) is 12.5 Å². The van der Waals surface area contributed by atoms with E-state index in [1.165, 1.54) is 0 Å². The van der Waals surface area contributed by atoms with Gasteiger partial charge >= 0.3 is 0 Å². The molecular weight excluding hydrogens is 330 g/mol. The van der Waals surface area contributed by atoms with Crippen LogP contribution in [0.2, 0.25) is 0 Å². The molecular formula is C14H13BrF2N2O. The maximum Gasteiger partial charge on any atom is 0.258 e. The fourth-order valence-electron chi connectivity index (χ4n) is 1.60. The quantitative estimate of drug-likeness (QED) is 0.877. The fourth-order valence-corrected chi connectivity index (χ4v) is 1.94. The number of hydrogen-bond donors (Lipinski definition) is 1.